The minimum Gasteiger partial charge on any atom is -0.490 e. The quantitative estimate of drug-likeness (QED) is 0.804. The van der Waals surface area contributed by atoms with Crippen molar-refractivity contribution in [3.05, 3.63) is 34.7 Å². The molecule has 0 aliphatic heterocycles. The lowest BCUT2D eigenvalue weighted by Gasteiger charge is -2.06. The Morgan fingerprint density at radius 3 is 2.94 bits per heavy atom. The van der Waals surface area contributed by atoms with Crippen molar-refractivity contribution in [2.75, 3.05) is 19.0 Å². The smallest absolute Gasteiger partial charge is 0.359 e. The molecule has 2 aromatic rings. The average Bonchev–Trinajstić information content (AvgIpc) is 2.29. The normalized spacial score (nSPS) is 10.4. The third-order valence-electron chi connectivity index (χ3n) is 2.29. The number of anilines is 1. The molecule has 2 rings (SSSR count). The Kier molecular flexibility index (Phi) is 2.81. The van der Waals surface area contributed by atoms with Gasteiger partial charge in [-0.05, 0) is 19.1 Å². The van der Waals surface area contributed by atoms with Crippen LogP contribution in [0.15, 0.2) is 33.5 Å². The molecule has 1 aromatic carbocycles. The number of rotatable bonds is 3. The fourth-order valence-electron chi connectivity index (χ4n) is 1.56. The third-order valence-corrected chi connectivity index (χ3v) is 2.29. The average molecular weight is 219 g/mol. The zero-order chi connectivity index (χ0) is 11.5. The summed E-state index contributed by atoms with van der Waals surface area (Å²) in [7, 11) is 1.69. The standard InChI is InChI=1S/C12H13NO3/c1-3-15-10-6-4-5-8-7-9(13-2)12(14)16-11(8)10/h4-7,13H,3H2,1-2H3. The highest BCUT2D eigenvalue weighted by atomic mass is 16.5. The summed E-state index contributed by atoms with van der Waals surface area (Å²) in [5.41, 5.74) is 0.552. The molecule has 0 aliphatic rings. The van der Waals surface area contributed by atoms with Crippen LogP contribution in [0.25, 0.3) is 11.0 Å². The molecule has 1 heterocycles. The van der Waals surface area contributed by atoms with Crippen LogP contribution in [-0.2, 0) is 0 Å². The number of fused-ring (bicyclic) bond motifs is 1. The Balaban J connectivity index is 2.69. The first-order valence-corrected chi connectivity index (χ1v) is 5.13. The molecule has 84 valence electrons. The van der Waals surface area contributed by atoms with E-state index in [4.69, 9.17) is 9.15 Å². The molecule has 0 spiro atoms. The van der Waals surface area contributed by atoms with Crippen LogP contribution in [-0.4, -0.2) is 13.7 Å². The maximum Gasteiger partial charge on any atom is 0.359 e. The summed E-state index contributed by atoms with van der Waals surface area (Å²) in [5.74, 6) is 0.597. The summed E-state index contributed by atoms with van der Waals surface area (Å²) >= 11 is 0. The lowest BCUT2D eigenvalue weighted by Crippen LogP contribution is -2.06. The number of hydrogen-bond donors (Lipinski definition) is 1. The van der Waals surface area contributed by atoms with Gasteiger partial charge < -0.3 is 14.5 Å². The Hall–Kier alpha value is -1.97. The van der Waals surface area contributed by atoms with Gasteiger partial charge in [-0.15, -0.1) is 0 Å². The van der Waals surface area contributed by atoms with Gasteiger partial charge in [0.25, 0.3) is 0 Å². The lowest BCUT2D eigenvalue weighted by atomic mass is 10.2. The van der Waals surface area contributed by atoms with Gasteiger partial charge >= 0.3 is 5.63 Å². The Bertz CT molecular complexity index is 560. The predicted octanol–water partition coefficient (Wildman–Crippen LogP) is 2.23. The summed E-state index contributed by atoms with van der Waals surface area (Å²) in [6.07, 6.45) is 0. The molecule has 0 bridgehead atoms. The first kappa shape index (κ1) is 10.5. The van der Waals surface area contributed by atoms with E-state index in [0.29, 0.717) is 23.6 Å². The second kappa shape index (κ2) is 4.26. The van der Waals surface area contributed by atoms with Crippen LogP contribution in [0.2, 0.25) is 0 Å². The van der Waals surface area contributed by atoms with Crippen molar-refractivity contribution in [1.29, 1.82) is 0 Å². The van der Waals surface area contributed by atoms with E-state index in [-0.39, 0.29) is 5.63 Å². The summed E-state index contributed by atoms with van der Waals surface area (Å²) < 4.78 is 10.6. The topological polar surface area (TPSA) is 51.5 Å². The molecule has 1 aromatic heterocycles. The lowest BCUT2D eigenvalue weighted by molar-refractivity contribution is 0.337. The summed E-state index contributed by atoms with van der Waals surface area (Å²) in [6.45, 7) is 2.43. The number of para-hydroxylation sites is 1. The van der Waals surface area contributed by atoms with E-state index in [9.17, 15) is 4.79 Å². The third kappa shape index (κ3) is 1.74. The number of hydrogen-bond acceptors (Lipinski definition) is 4. The van der Waals surface area contributed by atoms with Crippen LogP contribution in [0.4, 0.5) is 5.69 Å². The molecule has 0 amide bonds. The highest BCUT2D eigenvalue weighted by molar-refractivity contribution is 5.84. The van der Waals surface area contributed by atoms with Crippen molar-refractivity contribution < 1.29 is 9.15 Å². The van der Waals surface area contributed by atoms with Crippen molar-refractivity contribution in [1.82, 2.24) is 0 Å². The molecule has 4 heteroatoms. The molecular formula is C12H13NO3. The van der Waals surface area contributed by atoms with E-state index in [2.05, 4.69) is 5.32 Å². The summed E-state index contributed by atoms with van der Waals surface area (Å²) in [6, 6.07) is 7.28. The van der Waals surface area contributed by atoms with Gasteiger partial charge in [-0.2, -0.15) is 0 Å². The Morgan fingerprint density at radius 2 is 2.25 bits per heavy atom. The Labute approximate surface area is 92.8 Å². The van der Waals surface area contributed by atoms with Crippen LogP contribution in [0.3, 0.4) is 0 Å². The van der Waals surface area contributed by atoms with Gasteiger partial charge in [0.1, 0.15) is 5.69 Å². The van der Waals surface area contributed by atoms with E-state index in [1.54, 1.807) is 19.2 Å². The van der Waals surface area contributed by atoms with E-state index < -0.39 is 0 Å². The first-order valence-electron chi connectivity index (χ1n) is 5.13. The minimum absolute atomic E-state index is 0.387. The maximum absolute atomic E-state index is 11.5. The largest absolute Gasteiger partial charge is 0.490 e. The summed E-state index contributed by atoms with van der Waals surface area (Å²) in [4.78, 5) is 11.5. The molecule has 1 N–H and O–H groups in total. The van der Waals surface area contributed by atoms with Crippen molar-refractivity contribution in [3.63, 3.8) is 0 Å². The number of benzene rings is 1. The fourth-order valence-corrected chi connectivity index (χ4v) is 1.56. The zero-order valence-corrected chi connectivity index (χ0v) is 9.24. The maximum atomic E-state index is 11.5. The van der Waals surface area contributed by atoms with Crippen LogP contribution in [0.1, 0.15) is 6.92 Å². The van der Waals surface area contributed by atoms with Crippen LogP contribution >= 0.6 is 0 Å². The van der Waals surface area contributed by atoms with Crippen molar-refractivity contribution in [2.45, 2.75) is 6.92 Å². The molecule has 0 aliphatic carbocycles. The second-order valence-corrected chi connectivity index (χ2v) is 3.31. The highest BCUT2D eigenvalue weighted by Gasteiger charge is 2.07. The van der Waals surface area contributed by atoms with Gasteiger partial charge in [0.2, 0.25) is 0 Å². The highest BCUT2D eigenvalue weighted by Crippen LogP contribution is 2.25. The monoisotopic (exact) mass is 219 g/mol. The zero-order valence-electron chi connectivity index (χ0n) is 9.24. The van der Waals surface area contributed by atoms with Crippen LogP contribution in [0.5, 0.6) is 5.75 Å². The number of ether oxygens (including phenoxy) is 1. The second-order valence-electron chi connectivity index (χ2n) is 3.31. The first-order chi connectivity index (χ1) is 7.76. The van der Waals surface area contributed by atoms with E-state index in [1.807, 2.05) is 19.1 Å². The van der Waals surface area contributed by atoms with Gasteiger partial charge in [0.15, 0.2) is 11.3 Å². The SMILES string of the molecule is CCOc1cccc2cc(NC)c(=O)oc12. The molecule has 0 saturated heterocycles. The fraction of sp³-hybridized carbons (Fsp3) is 0.250. The summed E-state index contributed by atoms with van der Waals surface area (Å²) in [5, 5.41) is 3.63. The van der Waals surface area contributed by atoms with Gasteiger partial charge in [0, 0.05) is 12.4 Å². The molecular weight excluding hydrogens is 206 g/mol. The van der Waals surface area contributed by atoms with Crippen LogP contribution in [0, 0.1) is 0 Å². The van der Waals surface area contributed by atoms with Gasteiger partial charge in [-0.3, -0.25) is 0 Å². The van der Waals surface area contributed by atoms with E-state index in [1.165, 1.54) is 0 Å². The molecule has 0 radical (unpaired) electrons. The Morgan fingerprint density at radius 1 is 1.44 bits per heavy atom. The van der Waals surface area contributed by atoms with Crippen LogP contribution < -0.4 is 15.7 Å². The molecule has 0 fully saturated rings. The molecule has 0 atom stereocenters. The molecule has 0 unspecified atom stereocenters. The van der Waals surface area contributed by atoms with E-state index in [0.717, 1.165) is 5.39 Å². The van der Waals surface area contributed by atoms with Crippen molar-refractivity contribution in [2.24, 2.45) is 0 Å². The number of nitrogens with one attached hydrogen (secondary N) is 1. The van der Waals surface area contributed by atoms with E-state index >= 15 is 0 Å². The van der Waals surface area contributed by atoms with Gasteiger partial charge in [-0.25, -0.2) is 4.79 Å². The molecule has 4 nitrogen and oxygen atoms in total. The van der Waals surface area contributed by atoms with Gasteiger partial charge in [-0.1, -0.05) is 12.1 Å². The molecule has 0 saturated carbocycles. The van der Waals surface area contributed by atoms with Gasteiger partial charge in [0.05, 0.1) is 6.61 Å². The van der Waals surface area contributed by atoms with Crippen molar-refractivity contribution >= 4 is 16.7 Å². The predicted molar refractivity (Wildman–Crippen MR) is 63.2 cm³/mol. The van der Waals surface area contributed by atoms with Crippen molar-refractivity contribution in [3.8, 4) is 5.75 Å². The minimum atomic E-state index is -0.387. The molecule has 16 heavy (non-hydrogen) atoms.